The maximum Gasteiger partial charge on any atom is 0.255 e. The van der Waals surface area contributed by atoms with Crippen LogP contribution in [0.5, 0.6) is 0 Å². The molecule has 2 heterocycles. The summed E-state index contributed by atoms with van der Waals surface area (Å²) < 4.78 is 2.29. The Morgan fingerprint density at radius 3 is 1.77 bits per heavy atom. The van der Waals surface area contributed by atoms with Gasteiger partial charge in [0.15, 0.2) is 0 Å². The zero-order valence-electron chi connectivity index (χ0n) is 24.5. The molecule has 0 fully saturated rings. The second kappa shape index (κ2) is 9.19. The first kappa shape index (κ1) is 24.9. The fourth-order valence-corrected chi connectivity index (χ4v) is 7.38. The highest BCUT2D eigenvalue weighted by Gasteiger charge is 2.42. The number of fused-ring (bicyclic) bond motifs is 10. The van der Waals surface area contributed by atoms with E-state index in [0.29, 0.717) is 5.95 Å². The Hall–Kier alpha value is -5.61. The van der Waals surface area contributed by atoms with Gasteiger partial charge in [0, 0.05) is 32.9 Å². The predicted molar refractivity (Wildman–Crippen MR) is 180 cm³/mol. The van der Waals surface area contributed by atoms with Crippen molar-refractivity contribution in [2.75, 3.05) is 0 Å². The van der Waals surface area contributed by atoms with E-state index >= 15 is 0 Å². The zero-order valence-corrected chi connectivity index (χ0v) is 24.5. The quantitative estimate of drug-likeness (QED) is 0.201. The second-order valence-corrected chi connectivity index (χ2v) is 12.1. The number of nitrogens with zero attached hydrogens (tertiary/aromatic N) is 4. The lowest BCUT2D eigenvalue weighted by Crippen LogP contribution is -2.14. The van der Waals surface area contributed by atoms with Gasteiger partial charge < -0.3 is 0 Å². The van der Waals surface area contributed by atoms with Gasteiger partial charge >= 0.3 is 0 Å². The number of hydrogen-bond donors (Lipinski definition) is 0. The summed E-state index contributed by atoms with van der Waals surface area (Å²) in [4.78, 5) is 5.39. The van der Waals surface area contributed by atoms with E-state index in [4.69, 9.17) is 15.2 Å². The average Bonchev–Trinajstić information content (AvgIpc) is 3.57. The smallest absolute Gasteiger partial charge is 0.255 e. The van der Waals surface area contributed by atoms with E-state index in [1.54, 1.807) is 0 Å². The first-order valence-corrected chi connectivity index (χ1v) is 15.1. The van der Waals surface area contributed by atoms with E-state index < -0.39 is 0 Å². The first-order valence-electron chi connectivity index (χ1n) is 15.1. The molecule has 0 atom stereocenters. The minimum atomic E-state index is -0.222. The molecule has 1 aliphatic carbocycles. The number of benzene rings is 6. The first-order chi connectivity index (χ1) is 21.6. The van der Waals surface area contributed by atoms with E-state index in [2.05, 4.69) is 115 Å². The topological polar surface area (TPSA) is 43.6 Å². The van der Waals surface area contributed by atoms with Crippen molar-refractivity contribution < 1.29 is 0 Å². The molecule has 0 spiro atoms. The Labute approximate surface area is 255 Å². The molecule has 0 amide bonds. The van der Waals surface area contributed by atoms with Crippen LogP contribution in [0.1, 0.15) is 25.0 Å². The van der Waals surface area contributed by atoms with Crippen molar-refractivity contribution in [2.24, 2.45) is 0 Å². The molecule has 44 heavy (non-hydrogen) atoms. The standard InChI is InChI=1S/C40H28N4/c1-40(2)32-24-14-13-23-31(32)38-34(40)33-29-21-11-9-19-27(29)28-20-10-12-22-30(28)37(33)44(38)39-41-35(25-15-5-3-6-16-25)36(42-43-39)26-17-7-4-8-18-26/h3-24H,1-2H3. The summed E-state index contributed by atoms with van der Waals surface area (Å²) in [6.45, 7) is 4.69. The van der Waals surface area contributed by atoms with E-state index in [0.717, 1.165) is 33.7 Å². The van der Waals surface area contributed by atoms with Crippen molar-refractivity contribution in [3.8, 4) is 39.7 Å². The van der Waals surface area contributed by atoms with Crippen molar-refractivity contribution in [1.29, 1.82) is 0 Å². The molecule has 0 saturated carbocycles. The summed E-state index contributed by atoms with van der Waals surface area (Å²) in [5.41, 5.74) is 9.47. The molecule has 0 N–H and O–H groups in total. The molecular weight excluding hydrogens is 536 g/mol. The van der Waals surface area contributed by atoms with Gasteiger partial charge in [-0.3, -0.25) is 4.57 Å². The molecule has 1 aliphatic rings. The molecular formula is C40H28N4. The maximum atomic E-state index is 5.39. The highest BCUT2D eigenvalue weighted by molar-refractivity contribution is 6.27. The van der Waals surface area contributed by atoms with Gasteiger partial charge in [0.1, 0.15) is 11.4 Å². The fourth-order valence-electron chi connectivity index (χ4n) is 7.38. The van der Waals surface area contributed by atoms with Crippen LogP contribution in [-0.2, 0) is 5.41 Å². The Bertz CT molecular complexity index is 2400. The minimum absolute atomic E-state index is 0.222. The second-order valence-electron chi connectivity index (χ2n) is 12.1. The van der Waals surface area contributed by atoms with Crippen LogP contribution in [0.15, 0.2) is 133 Å². The van der Waals surface area contributed by atoms with Crippen LogP contribution in [-0.4, -0.2) is 19.7 Å². The zero-order chi connectivity index (χ0) is 29.4. The minimum Gasteiger partial charge on any atom is -0.276 e. The van der Waals surface area contributed by atoms with Crippen molar-refractivity contribution in [2.45, 2.75) is 19.3 Å². The molecule has 6 aromatic carbocycles. The van der Waals surface area contributed by atoms with Gasteiger partial charge in [-0.15, -0.1) is 10.2 Å². The molecule has 0 saturated heterocycles. The monoisotopic (exact) mass is 564 g/mol. The Balaban J connectivity index is 1.48. The van der Waals surface area contributed by atoms with Gasteiger partial charge in [0.25, 0.3) is 5.95 Å². The van der Waals surface area contributed by atoms with Crippen molar-refractivity contribution in [1.82, 2.24) is 19.7 Å². The van der Waals surface area contributed by atoms with Gasteiger partial charge in [-0.1, -0.05) is 147 Å². The van der Waals surface area contributed by atoms with Gasteiger partial charge in [-0.2, -0.15) is 0 Å². The summed E-state index contributed by atoms with van der Waals surface area (Å²) >= 11 is 0. The molecule has 8 aromatic rings. The molecule has 0 aliphatic heterocycles. The summed E-state index contributed by atoms with van der Waals surface area (Å²) in [6, 6.07) is 46.8. The third-order valence-electron chi connectivity index (χ3n) is 9.29. The van der Waals surface area contributed by atoms with Crippen LogP contribution in [0.2, 0.25) is 0 Å². The highest BCUT2D eigenvalue weighted by Crippen LogP contribution is 2.56. The normalized spacial score (nSPS) is 13.4. The third-order valence-corrected chi connectivity index (χ3v) is 9.29. The molecule has 208 valence electrons. The van der Waals surface area contributed by atoms with Crippen LogP contribution in [0, 0.1) is 0 Å². The van der Waals surface area contributed by atoms with Gasteiger partial charge in [0.2, 0.25) is 0 Å². The SMILES string of the molecule is CC1(C)c2ccccc2-c2c1c1c3ccccc3c3ccccc3c1n2-c1nnc(-c2ccccc2)c(-c2ccccc2)n1. The molecule has 4 heteroatoms. The summed E-state index contributed by atoms with van der Waals surface area (Å²) in [7, 11) is 0. The van der Waals surface area contributed by atoms with Gasteiger partial charge in [0.05, 0.1) is 11.2 Å². The van der Waals surface area contributed by atoms with Crippen LogP contribution in [0.3, 0.4) is 0 Å². The highest BCUT2D eigenvalue weighted by atomic mass is 15.3. The molecule has 9 rings (SSSR count). The lowest BCUT2D eigenvalue weighted by atomic mass is 9.80. The van der Waals surface area contributed by atoms with Crippen LogP contribution < -0.4 is 0 Å². The largest absolute Gasteiger partial charge is 0.276 e. The Kier molecular flexibility index (Phi) is 5.21. The number of aromatic nitrogens is 4. The Morgan fingerprint density at radius 2 is 1.07 bits per heavy atom. The molecule has 0 unspecified atom stereocenters. The maximum absolute atomic E-state index is 5.39. The third kappa shape index (κ3) is 3.36. The van der Waals surface area contributed by atoms with Crippen molar-refractivity contribution in [3.05, 3.63) is 145 Å². The average molecular weight is 565 g/mol. The summed E-state index contributed by atoms with van der Waals surface area (Å²) in [5.74, 6) is 0.572. The fraction of sp³-hybridized carbons (Fsp3) is 0.0750. The number of hydrogen-bond acceptors (Lipinski definition) is 3. The lowest BCUT2D eigenvalue weighted by Gasteiger charge is -2.22. The van der Waals surface area contributed by atoms with E-state index in [1.807, 2.05) is 36.4 Å². The van der Waals surface area contributed by atoms with E-state index in [9.17, 15) is 0 Å². The molecule has 0 bridgehead atoms. The van der Waals surface area contributed by atoms with Crippen LogP contribution in [0.25, 0.3) is 72.2 Å². The van der Waals surface area contributed by atoms with E-state index in [-0.39, 0.29) is 5.41 Å². The van der Waals surface area contributed by atoms with E-state index in [1.165, 1.54) is 43.6 Å². The van der Waals surface area contributed by atoms with Gasteiger partial charge in [-0.05, 0) is 27.3 Å². The molecule has 0 radical (unpaired) electrons. The predicted octanol–water partition coefficient (Wildman–Crippen LogP) is 9.76. The van der Waals surface area contributed by atoms with Crippen LogP contribution >= 0.6 is 0 Å². The molecule has 4 nitrogen and oxygen atoms in total. The van der Waals surface area contributed by atoms with Crippen molar-refractivity contribution in [3.63, 3.8) is 0 Å². The summed E-state index contributed by atoms with van der Waals surface area (Å²) in [6.07, 6.45) is 0. The number of rotatable bonds is 3. The molecule has 2 aromatic heterocycles. The Morgan fingerprint density at radius 1 is 0.523 bits per heavy atom. The lowest BCUT2D eigenvalue weighted by molar-refractivity contribution is 0.666. The van der Waals surface area contributed by atoms with Crippen LogP contribution in [0.4, 0.5) is 0 Å². The van der Waals surface area contributed by atoms with Gasteiger partial charge in [-0.25, -0.2) is 4.98 Å². The van der Waals surface area contributed by atoms with Crippen molar-refractivity contribution >= 4 is 32.4 Å². The summed E-state index contributed by atoms with van der Waals surface area (Å²) in [5, 5.41) is 16.0.